The molecule has 1 fully saturated rings. The number of anilines is 1. The molecule has 1 aliphatic heterocycles. The minimum absolute atomic E-state index is 0.310. The van der Waals surface area contributed by atoms with Crippen molar-refractivity contribution in [2.45, 2.75) is 46.6 Å². The Kier molecular flexibility index (Phi) is 4.38. The van der Waals surface area contributed by atoms with Crippen molar-refractivity contribution in [1.82, 2.24) is 0 Å². The molecule has 1 atom stereocenters. The quantitative estimate of drug-likeness (QED) is 0.879. The number of hydrogen-bond donors (Lipinski definition) is 1. The molecule has 2 rings (SSSR count). The Labute approximate surface area is 121 Å². The van der Waals surface area contributed by atoms with E-state index in [1.165, 1.54) is 6.07 Å². The summed E-state index contributed by atoms with van der Waals surface area (Å²) in [5.74, 6) is 0.401. The van der Waals surface area contributed by atoms with E-state index in [0.717, 1.165) is 31.6 Å². The topological polar surface area (TPSA) is 23.5 Å². The zero-order valence-electron chi connectivity index (χ0n) is 13.0. The minimum atomic E-state index is -0.772. The number of piperidine rings is 1. The van der Waals surface area contributed by atoms with Crippen molar-refractivity contribution in [3.05, 3.63) is 29.6 Å². The van der Waals surface area contributed by atoms with Crippen LogP contribution in [0, 0.1) is 17.2 Å². The van der Waals surface area contributed by atoms with E-state index < -0.39 is 6.10 Å². The first-order chi connectivity index (χ1) is 9.30. The lowest BCUT2D eigenvalue weighted by Gasteiger charge is -2.40. The highest BCUT2D eigenvalue weighted by Crippen LogP contribution is 2.37. The molecule has 1 unspecified atom stereocenters. The zero-order valence-corrected chi connectivity index (χ0v) is 13.0. The summed E-state index contributed by atoms with van der Waals surface area (Å²) in [6.45, 7) is 10.4. The van der Waals surface area contributed by atoms with Gasteiger partial charge in [-0.1, -0.05) is 26.8 Å². The third-order valence-electron chi connectivity index (χ3n) is 4.51. The monoisotopic (exact) mass is 279 g/mol. The van der Waals surface area contributed by atoms with Crippen LogP contribution < -0.4 is 4.90 Å². The van der Waals surface area contributed by atoms with Crippen molar-refractivity contribution in [1.29, 1.82) is 0 Å². The molecule has 0 aromatic heterocycles. The fourth-order valence-corrected chi connectivity index (χ4v) is 3.20. The van der Waals surface area contributed by atoms with Crippen LogP contribution in [0.2, 0.25) is 0 Å². The standard InChI is InChI=1S/C17H26FNO/c1-12(20)16-14(18)6-5-7-15(16)19-10-8-13(9-11-19)17(2,3)4/h5-7,12-13,20H,8-11H2,1-4H3. The Morgan fingerprint density at radius 3 is 2.35 bits per heavy atom. The van der Waals surface area contributed by atoms with Gasteiger partial charge in [0.2, 0.25) is 0 Å². The lowest BCUT2D eigenvalue weighted by Crippen LogP contribution is -2.38. The van der Waals surface area contributed by atoms with Crippen LogP contribution in [-0.4, -0.2) is 18.2 Å². The summed E-state index contributed by atoms with van der Waals surface area (Å²) in [6, 6.07) is 5.07. The second-order valence-electron chi connectivity index (χ2n) is 6.98. The molecule has 1 heterocycles. The summed E-state index contributed by atoms with van der Waals surface area (Å²) in [7, 11) is 0. The summed E-state index contributed by atoms with van der Waals surface area (Å²) in [6.07, 6.45) is 1.48. The van der Waals surface area contributed by atoms with Gasteiger partial charge in [0, 0.05) is 24.3 Å². The Morgan fingerprint density at radius 1 is 1.25 bits per heavy atom. The minimum Gasteiger partial charge on any atom is -0.389 e. The Bertz CT molecular complexity index is 457. The van der Waals surface area contributed by atoms with Gasteiger partial charge in [0.1, 0.15) is 5.82 Å². The van der Waals surface area contributed by atoms with Crippen molar-refractivity contribution < 1.29 is 9.50 Å². The number of rotatable bonds is 2. The molecule has 0 amide bonds. The van der Waals surface area contributed by atoms with Crippen LogP contribution in [0.1, 0.15) is 52.2 Å². The highest BCUT2D eigenvalue weighted by Gasteiger charge is 2.30. The molecule has 0 bridgehead atoms. The predicted molar refractivity (Wildman–Crippen MR) is 81.4 cm³/mol. The summed E-state index contributed by atoms with van der Waals surface area (Å²) < 4.78 is 13.9. The maximum atomic E-state index is 13.9. The van der Waals surface area contributed by atoms with Gasteiger partial charge in [-0.15, -0.1) is 0 Å². The highest BCUT2D eigenvalue weighted by molar-refractivity contribution is 5.55. The van der Waals surface area contributed by atoms with Crippen LogP contribution in [0.5, 0.6) is 0 Å². The maximum absolute atomic E-state index is 13.9. The van der Waals surface area contributed by atoms with Gasteiger partial charge in [0.15, 0.2) is 0 Å². The number of nitrogens with zero attached hydrogens (tertiary/aromatic N) is 1. The first-order valence-electron chi connectivity index (χ1n) is 7.52. The van der Waals surface area contributed by atoms with E-state index in [-0.39, 0.29) is 5.82 Å². The van der Waals surface area contributed by atoms with E-state index in [4.69, 9.17) is 0 Å². The third-order valence-corrected chi connectivity index (χ3v) is 4.51. The second-order valence-corrected chi connectivity index (χ2v) is 6.98. The summed E-state index contributed by atoms with van der Waals surface area (Å²) in [4.78, 5) is 2.22. The van der Waals surface area contributed by atoms with E-state index >= 15 is 0 Å². The number of aliphatic hydroxyl groups excluding tert-OH is 1. The molecule has 1 aromatic rings. The van der Waals surface area contributed by atoms with Gasteiger partial charge in [-0.25, -0.2) is 4.39 Å². The number of halogens is 1. The van der Waals surface area contributed by atoms with Crippen molar-refractivity contribution in [2.75, 3.05) is 18.0 Å². The van der Waals surface area contributed by atoms with Crippen LogP contribution in [0.25, 0.3) is 0 Å². The molecule has 20 heavy (non-hydrogen) atoms. The fourth-order valence-electron chi connectivity index (χ4n) is 3.20. The van der Waals surface area contributed by atoms with E-state index in [1.54, 1.807) is 13.0 Å². The predicted octanol–water partition coefficient (Wildman–Crippen LogP) is 4.14. The highest BCUT2D eigenvalue weighted by atomic mass is 19.1. The van der Waals surface area contributed by atoms with Gasteiger partial charge < -0.3 is 10.0 Å². The van der Waals surface area contributed by atoms with Crippen LogP contribution in [-0.2, 0) is 0 Å². The summed E-state index contributed by atoms with van der Waals surface area (Å²) in [5.41, 5.74) is 1.62. The number of benzene rings is 1. The van der Waals surface area contributed by atoms with Crippen LogP contribution in [0.15, 0.2) is 18.2 Å². The Balaban J connectivity index is 2.17. The van der Waals surface area contributed by atoms with E-state index in [1.807, 2.05) is 6.07 Å². The molecular formula is C17H26FNO. The molecule has 1 aliphatic rings. The van der Waals surface area contributed by atoms with Gasteiger partial charge in [0.25, 0.3) is 0 Å². The lowest BCUT2D eigenvalue weighted by atomic mass is 9.75. The maximum Gasteiger partial charge on any atom is 0.131 e. The molecule has 1 saturated heterocycles. The molecule has 0 spiro atoms. The molecule has 1 N–H and O–H groups in total. The molecule has 0 aliphatic carbocycles. The van der Waals surface area contributed by atoms with E-state index in [9.17, 15) is 9.50 Å². The molecule has 2 nitrogen and oxygen atoms in total. The first-order valence-corrected chi connectivity index (χ1v) is 7.52. The zero-order chi connectivity index (χ0) is 14.9. The average Bonchev–Trinajstić information content (AvgIpc) is 2.37. The first kappa shape index (κ1) is 15.3. The molecule has 1 aromatic carbocycles. The number of aliphatic hydroxyl groups is 1. The SMILES string of the molecule is CC(O)c1c(F)cccc1N1CCC(C(C)(C)C)CC1. The summed E-state index contributed by atoms with van der Waals surface area (Å²) >= 11 is 0. The smallest absolute Gasteiger partial charge is 0.131 e. The third kappa shape index (κ3) is 3.14. The Hall–Kier alpha value is -1.09. The van der Waals surface area contributed by atoms with Gasteiger partial charge in [-0.2, -0.15) is 0 Å². The Morgan fingerprint density at radius 2 is 1.85 bits per heavy atom. The van der Waals surface area contributed by atoms with Crippen LogP contribution >= 0.6 is 0 Å². The largest absolute Gasteiger partial charge is 0.389 e. The van der Waals surface area contributed by atoms with Crippen molar-refractivity contribution >= 4 is 5.69 Å². The molecule has 0 radical (unpaired) electrons. The molecule has 3 heteroatoms. The summed E-state index contributed by atoms with van der Waals surface area (Å²) in [5, 5.41) is 9.83. The van der Waals surface area contributed by atoms with E-state index in [2.05, 4.69) is 25.7 Å². The molecule has 0 saturated carbocycles. The van der Waals surface area contributed by atoms with E-state index in [0.29, 0.717) is 16.9 Å². The van der Waals surface area contributed by atoms with Gasteiger partial charge in [-0.05, 0) is 43.2 Å². The van der Waals surface area contributed by atoms with Crippen molar-refractivity contribution in [3.63, 3.8) is 0 Å². The van der Waals surface area contributed by atoms with Crippen LogP contribution in [0.4, 0.5) is 10.1 Å². The van der Waals surface area contributed by atoms with Crippen molar-refractivity contribution in [2.24, 2.45) is 11.3 Å². The second kappa shape index (κ2) is 5.72. The number of hydrogen-bond acceptors (Lipinski definition) is 2. The van der Waals surface area contributed by atoms with Crippen molar-refractivity contribution in [3.8, 4) is 0 Å². The molecule has 112 valence electrons. The average molecular weight is 279 g/mol. The van der Waals surface area contributed by atoms with Gasteiger partial charge in [0.05, 0.1) is 6.10 Å². The molecular weight excluding hydrogens is 253 g/mol. The normalized spacial score (nSPS) is 19.2. The van der Waals surface area contributed by atoms with Gasteiger partial charge >= 0.3 is 0 Å². The lowest BCUT2D eigenvalue weighted by molar-refractivity contribution is 0.190. The van der Waals surface area contributed by atoms with Crippen LogP contribution in [0.3, 0.4) is 0 Å². The van der Waals surface area contributed by atoms with Gasteiger partial charge in [-0.3, -0.25) is 0 Å². The fraction of sp³-hybridized carbons (Fsp3) is 0.647.